The van der Waals surface area contributed by atoms with Crippen molar-refractivity contribution in [3.63, 3.8) is 0 Å². The van der Waals surface area contributed by atoms with Crippen molar-refractivity contribution in [1.29, 1.82) is 0 Å². The molecule has 2 aliphatic heterocycles. The van der Waals surface area contributed by atoms with Crippen LogP contribution in [-0.2, 0) is 14.2 Å². The van der Waals surface area contributed by atoms with Crippen molar-refractivity contribution in [3.8, 4) is 5.75 Å². The van der Waals surface area contributed by atoms with Crippen LogP contribution in [0.25, 0.3) is 0 Å². The number of amides is 2. The fourth-order valence-electron chi connectivity index (χ4n) is 5.73. The van der Waals surface area contributed by atoms with E-state index >= 15 is 0 Å². The maximum absolute atomic E-state index is 13.7. The highest BCUT2D eigenvalue weighted by Crippen LogP contribution is 2.53. The number of nitro groups is 1. The predicted octanol–water partition coefficient (Wildman–Crippen LogP) is 4.08. The zero-order valence-corrected chi connectivity index (χ0v) is 20.3. The number of rotatable bonds is 4. The number of phenolic OH excluding ortho intramolecular Hbond substituents is 1. The minimum Gasteiger partial charge on any atom is -0.508 e. The Balaban J connectivity index is 1.55. The van der Waals surface area contributed by atoms with Crippen LogP contribution in [0.5, 0.6) is 5.75 Å². The summed E-state index contributed by atoms with van der Waals surface area (Å²) in [5, 5.41) is 32.7. The fraction of sp³-hybridized carbons (Fsp3) is 0.333. The summed E-state index contributed by atoms with van der Waals surface area (Å²) < 4.78 is 6.63. The number of hydrogen-bond donors (Lipinski definition) is 2. The van der Waals surface area contributed by atoms with E-state index < -0.39 is 47.7 Å². The van der Waals surface area contributed by atoms with E-state index in [1.165, 1.54) is 30.3 Å². The standard InChI is InChI=1S/C24H22BBrN2O7/c1-2-12-8-18-21(24(31)27(23(18)30)14-4-3-5-15(10-14)28(33)34)17-11-20(35-25(32)22(12)17)16-9-13(26)6-7-19(16)29/h3-7,9-10,17-18,20-21,29,32H,2,8,11H2,1H3/t17-,18-,20-,21+/m0/s1. The van der Waals surface area contributed by atoms with Crippen LogP contribution >= 0.6 is 15.9 Å². The number of nitrogens with zero attached hydrogens (tertiary/aromatic N) is 2. The highest BCUT2D eigenvalue weighted by Gasteiger charge is 2.58. The maximum atomic E-state index is 13.7. The fourth-order valence-corrected chi connectivity index (χ4v) is 6.11. The SMILES string of the molecule is CCC1=C2B(O)O[C@H](c3cc(Br)ccc3O)C[C@H]2[C@H]2C(=O)N(c3cccc([N+](=O)[O-])c3)C(=O)[C@H]2C1. The van der Waals surface area contributed by atoms with E-state index in [0.29, 0.717) is 30.3 Å². The third-order valence-electron chi connectivity index (χ3n) is 7.27. The van der Waals surface area contributed by atoms with Crippen LogP contribution in [0.4, 0.5) is 11.4 Å². The van der Waals surface area contributed by atoms with Crippen LogP contribution in [0.15, 0.2) is 58.0 Å². The summed E-state index contributed by atoms with van der Waals surface area (Å²) in [6, 6.07) is 10.4. The van der Waals surface area contributed by atoms with Crippen molar-refractivity contribution in [2.75, 3.05) is 4.90 Å². The summed E-state index contributed by atoms with van der Waals surface area (Å²) in [7, 11) is -1.28. The van der Waals surface area contributed by atoms with Gasteiger partial charge in [-0.15, -0.1) is 0 Å². The molecule has 0 radical (unpaired) electrons. The maximum Gasteiger partial charge on any atom is 0.487 e. The second kappa shape index (κ2) is 8.89. The van der Waals surface area contributed by atoms with Crippen molar-refractivity contribution < 1.29 is 29.3 Å². The lowest BCUT2D eigenvalue weighted by molar-refractivity contribution is -0.384. The first-order chi connectivity index (χ1) is 16.7. The smallest absolute Gasteiger partial charge is 0.487 e. The average molecular weight is 541 g/mol. The first-order valence-electron chi connectivity index (χ1n) is 11.4. The van der Waals surface area contributed by atoms with Gasteiger partial charge in [0, 0.05) is 22.2 Å². The Morgan fingerprint density at radius 3 is 2.69 bits per heavy atom. The number of non-ortho nitro benzene ring substituents is 1. The number of halogens is 1. The molecule has 4 atom stereocenters. The quantitative estimate of drug-likeness (QED) is 0.258. The van der Waals surface area contributed by atoms with Crippen LogP contribution in [0.2, 0.25) is 0 Å². The zero-order chi connectivity index (χ0) is 25.0. The number of hydrogen-bond acceptors (Lipinski definition) is 7. The monoisotopic (exact) mass is 540 g/mol. The van der Waals surface area contributed by atoms with Gasteiger partial charge in [-0.05, 0) is 54.9 Å². The molecule has 5 rings (SSSR count). The summed E-state index contributed by atoms with van der Waals surface area (Å²) in [4.78, 5) is 38.9. The molecule has 0 unspecified atom stereocenters. The van der Waals surface area contributed by atoms with Crippen LogP contribution in [0.3, 0.4) is 0 Å². The lowest BCUT2D eigenvalue weighted by Gasteiger charge is -2.42. The van der Waals surface area contributed by atoms with E-state index in [4.69, 9.17) is 4.65 Å². The van der Waals surface area contributed by atoms with Gasteiger partial charge in [0.1, 0.15) is 5.75 Å². The molecule has 0 bridgehead atoms. The minimum atomic E-state index is -1.28. The van der Waals surface area contributed by atoms with Gasteiger partial charge in [0.15, 0.2) is 0 Å². The molecule has 2 aromatic rings. The highest BCUT2D eigenvalue weighted by molar-refractivity contribution is 9.10. The van der Waals surface area contributed by atoms with Gasteiger partial charge in [0.25, 0.3) is 5.69 Å². The number of benzene rings is 2. The first-order valence-corrected chi connectivity index (χ1v) is 12.2. The van der Waals surface area contributed by atoms with Crippen molar-refractivity contribution in [2.24, 2.45) is 17.8 Å². The zero-order valence-electron chi connectivity index (χ0n) is 18.8. The van der Waals surface area contributed by atoms with Crippen molar-refractivity contribution in [3.05, 3.63) is 73.7 Å². The van der Waals surface area contributed by atoms with Crippen molar-refractivity contribution >= 4 is 46.2 Å². The number of anilines is 1. The predicted molar refractivity (Wildman–Crippen MR) is 130 cm³/mol. The normalized spacial score (nSPS) is 26.1. The van der Waals surface area contributed by atoms with Gasteiger partial charge in [0.05, 0.1) is 28.6 Å². The van der Waals surface area contributed by atoms with Crippen LogP contribution in [0, 0.1) is 27.9 Å². The lowest BCUT2D eigenvalue weighted by atomic mass is 9.55. The van der Waals surface area contributed by atoms with Gasteiger partial charge >= 0.3 is 7.12 Å². The molecule has 2 heterocycles. The van der Waals surface area contributed by atoms with E-state index in [0.717, 1.165) is 14.9 Å². The number of allylic oxidation sites excluding steroid dienone is 2. The van der Waals surface area contributed by atoms with Gasteiger partial charge in [-0.3, -0.25) is 19.7 Å². The molecule has 1 aliphatic carbocycles. The average Bonchev–Trinajstić information content (AvgIpc) is 3.09. The first kappa shape index (κ1) is 23.7. The van der Waals surface area contributed by atoms with Crippen LogP contribution < -0.4 is 4.90 Å². The summed E-state index contributed by atoms with van der Waals surface area (Å²) >= 11 is 3.39. The third-order valence-corrected chi connectivity index (χ3v) is 7.77. The van der Waals surface area contributed by atoms with E-state index in [9.17, 15) is 29.8 Å². The Hall–Kier alpha value is -3.02. The number of carbonyl (C=O) groups is 2. The molecular weight excluding hydrogens is 519 g/mol. The Morgan fingerprint density at radius 2 is 1.97 bits per heavy atom. The van der Waals surface area contributed by atoms with E-state index in [-0.39, 0.29) is 17.1 Å². The number of phenols is 1. The number of aromatic hydroxyl groups is 1. The summed E-state index contributed by atoms with van der Waals surface area (Å²) in [6.07, 6.45) is 0.502. The molecule has 2 fully saturated rings. The molecule has 0 spiro atoms. The molecule has 180 valence electrons. The van der Waals surface area contributed by atoms with Gasteiger partial charge in [-0.25, -0.2) is 4.90 Å². The number of carbonyl (C=O) groups excluding carboxylic acids is 2. The van der Waals surface area contributed by atoms with Gasteiger partial charge in [0.2, 0.25) is 11.8 Å². The molecule has 35 heavy (non-hydrogen) atoms. The van der Waals surface area contributed by atoms with E-state index in [1.807, 2.05) is 6.92 Å². The Morgan fingerprint density at radius 1 is 1.20 bits per heavy atom. The summed E-state index contributed by atoms with van der Waals surface area (Å²) in [6.45, 7) is 1.93. The number of nitro benzene ring substituents is 1. The van der Waals surface area contributed by atoms with Gasteiger partial charge in [-0.1, -0.05) is 34.5 Å². The Labute approximate surface area is 209 Å². The topological polar surface area (TPSA) is 130 Å². The molecular formula is C24H22BBrN2O7. The molecule has 2 saturated heterocycles. The van der Waals surface area contributed by atoms with E-state index in [2.05, 4.69) is 15.9 Å². The molecule has 3 aliphatic rings. The summed E-state index contributed by atoms with van der Waals surface area (Å²) in [5.74, 6) is -2.67. The molecule has 9 nitrogen and oxygen atoms in total. The highest BCUT2D eigenvalue weighted by atomic mass is 79.9. The molecule has 2 amide bonds. The minimum absolute atomic E-state index is 0.00736. The molecule has 11 heteroatoms. The number of imide groups is 1. The van der Waals surface area contributed by atoms with Crippen molar-refractivity contribution in [2.45, 2.75) is 32.3 Å². The molecule has 2 N–H and O–H groups in total. The van der Waals surface area contributed by atoms with E-state index in [1.54, 1.807) is 12.1 Å². The second-order valence-electron chi connectivity index (χ2n) is 9.06. The van der Waals surface area contributed by atoms with Crippen LogP contribution in [-0.4, -0.2) is 34.0 Å². The van der Waals surface area contributed by atoms with Crippen molar-refractivity contribution in [1.82, 2.24) is 0 Å². The third kappa shape index (κ3) is 3.87. The molecule has 2 aromatic carbocycles. The van der Waals surface area contributed by atoms with Gasteiger partial charge < -0.3 is 14.8 Å². The lowest BCUT2D eigenvalue weighted by Crippen LogP contribution is -2.44. The molecule has 0 saturated carbocycles. The Kier molecular flexibility index (Phi) is 6.02. The summed E-state index contributed by atoms with van der Waals surface area (Å²) in [5.41, 5.74) is 1.93. The Bertz CT molecular complexity index is 1280. The second-order valence-corrected chi connectivity index (χ2v) is 9.98. The van der Waals surface area contributed by atoms with Gasteiger partial charge in [-0.2, -0.15) is 0 Å². The van der Waals surface area contributed by atoms with Crippen LogP contribution in [0.1, 0.15) is 37.9 Å². The largest absolute Gasteiger partial charge is 0.508 e. The molecule has 0 aromatic heterocycles. The number of fused-ring (bicyclic) bond motifs is 3.